The van der Waals surface area contributed by atoms with Gasteiger partial charge in [0.15, 0.2) is 5.78 Å². The first kappa shape index (κ1) is 25.1. The Balaban J connectivity index is 1.72. The predicted molar refractivity (Wildman–Crippen MR) is 135 cm³/mol. The van der Waals surface area contributed by atoms with Crippen LogP contribution in [0.3, 0.4) is 0 Å². The van der Waals surface area contributed by atoms with Crippen LogP contribution in [0, 0.1) is 5.92 Å². The molecular weight excluding hydrogens is 466 g/mol. The Morgan fingerprint density at radius 1 is 1.09 bits per heavy atom. The number of hydrogen-bond donors (Lipinski definition) is 0. The van der Waals surface area contributed by atoms with Gasteiger partial charge in [0.25, 0.3) is 0 Å². The first-order valence-corrected chi connectivity index (χ1v) is 12.3. The molecule has 0 amide bonds. The van der Waals surface area contributed by atoms with Crippen molar-refractivity contribution in [2.45, 2.75) is 38.5 Å². The fraction of sp³-hybridized carbons (Fsp3) is 0.393. The van der Waals surface area contributed by atoms with E-state index in [4.69, 9.17) is 30.8 Å². The zero-order chi connectivity index (χ0) is 24.9. The molecule has 1 aliphatic carbocycles. The summed E-state index contributed by atoms with van der Waals surface area (Å²) in [5.74, 6) is -0.916. The van der Waals surface area contributed by atoms with E-state index in [9.17, 15) is 9.59 Å². The van der Waals surface area contributed by atoms with Crippen LogP contribution in [-0.4, -0.2) is 44.4 Å². The van der Waals surface area contributed by atoms with Crippen LogP contribution in [-0.2, 0) is 19.1 Å². The molecule has 0 N–H and O–H groups in total. The lowest BCUT2D eigenvalue weighted by molar-refractivity contribution is -0.148. The highest BCUT2D eigenvalue weighted by Crippen LogP contribution is 2.47. The van der Waals surface area contributed by atoms with E-state index in [2.05, 4.69) is 0 Å². The second-order valence-electron chi connectivity index (χ2n) is 8.79. The molecule has 0 bridgehead atoms. The van der Waals surface area contributed by atoms with Gasteiger partial charge in [0, 0.05) is 41.0 Å². The van der Waals surface area contributed by atoms with Crippen molar-refractivity contribution >= 4 is 29.1 Å². The van der Waals surface area contributed by atoms with Crippen molar-refractivity contribution in [3.05, 3.63) is 76.0 Å². The van der Waals surface area contributed by atoms with Crippen LogP contribution < -0.4 is 4.74 Å². The predicted octanol–water partition coefficient (Wildman–Crippen LogP) is 5.50. The Hall–Kier alpha value is -2.96. The smallest absolute Gasteiger partial charge is 0.315 e. The van der Waals surface area contributed by atoms with E-state index >= 15 is 0 Å². The van der Waals surface area contributed by atoms with Gasteiger partial charge in [0.05, 0.1) is 13.7 Å². The third kappa shape index (κ3) is 5.49. The van der Waals surface area contributed by atoms with Crippen LogP contribution in [0.25, 0.3) is 0 Å². The molecule has 0 fully saturated rings. The second kappa shape index (κ2) is 11.2. The monoisotopic (exact) mass is 495 g/mol. The highest BCUT2D eigenvalue weighted by molar-refractivity contribution is 6.30. The van der Waals surface area contributed by atoms with Crippen molar-refractivity contribution in [2.75, 3.05) is 26.9 Å². The fourth-order valence-corrected chi connectivity index (χ4v) is 5.09. The number of ether oxygens (including phenoxy) is 3. The van der Waals surface area contributed by atoms with Gasteiger partial charge in [-0.25, -0.2) is 0 Å². The van der Waals surface area contributed by atoms with Crippen LogP contribution in [0.2, 0.25) is 5.02 Å². The van der Waals surface area contributed by atoms with Crippen molar-refractivity contribution < 1.29 is 23.8 Å². The summed E-state index contributed by atoms with van der Waals surface area (Å²) in [6, 6.07) is 15.1. The van der Waals surface area contributed by atoms with Crippen LogP contribution >= 0.6 is 11.6 Å². The number of nitrogens with zero attached hydrogens (tertiary/aromatic N) is 1. The fourth-order valence-electron chi connectivity index (χ4n) is 4.97. The number of hydrogen-bond acceptors (Lipinski definition) is 6. The lowest BCUT2D eigenvalue weighted by Gasteiger charge is -2.36. The standard InChI is InChI=1S/C28H30ClNO5/c1-4-34-12-13-35-28(32)25-17(2)30-23-15-20(18-8-10-21(29)11-9-18)16-24(31)27(23)26(25)19-6-5-7-22(14-19)33-3/h5-11,14,20,25-26H,4,12-13,15-16H2,1-3H3/t20-,25?,26-/m1/s1. The lowest BCUT2D eigenvalue weighted by Crippen LogP contribution is -2.38. The molecule has 6 nitrogen and oxygen atoms in total. The molecule has 0 radical (unpaired) electrons. The minimum absolute atomic E-state index is 0.00221. The topological polar surface area (TPSA) is 74.2 Å². The Morgan fingerprint density at radius 3 is 2.57 bits per heavy atom. The number of esters is 1. The second-order valence-corrected chi connectivity index (χ2v) is 9.23. The van der Waals surface area contributed by atoms with E-state index in [1.54, 1.807) is 7.11 Å². The maximum absolute atomic E-state index is 13.6. The van der Waals surface area contributed by atoms with Crippen LogP contribution in [0.15, 0.2) is 64.8 Å². The largest absolute Gasteiger partial charge is 0.497 e. The number of carbonyl (C=O) groups excluding carboxylic acids is 2. The number of rotatable bonds is 8. The maximum Gasteiger partial charge on any atom is 0.315 e. The number of methoxy groups -OCH3 is 1. The van der Waals surface area contributed by atoms with Gasteiger partial charge in [-0.2, -0.15) is 0 Å². The Labute approximate surface area is 210 Å². The molecule has 1 unspecified atom stereocenters. The molecule has 0 saturated carbocycles. The van der Waals surface area contributed by atoms with Gasteiger partial charge in [-0.3, -0.25) is 14.6 Å². The van der Waals surface area contributed by atoms with E-state index in [0.717, 1.165) is 16.8 Å². The summed E-state index contributed by atoms with van der Waals surface area (Å²) < 4.78 is 16.3. The number of carbonyl (C=O) groups is 2. The molecule has 35 heavy (non-hydrogen) atoms. The maximum atomic E-state index is 13.6. The molecule has 2 aromatic rings. The van der Waals surface area contributed by atoms with E-state index in [-0.39, 0.29) is 18.3 Å². The van der Waals surface area contributed by atoms with E-state index in [1.807, 2.05) is 62.4 Å². The summed E-state index contributed by atoms with van der Waals surface area (Å²) in [4.78, 5) is 31.7. The molecule has 7 heteroatoms. The Bertz CT molecular complexity index is 1150. The number of halogens is 1. The minimum Gasteiger partial charge on any atom is -0.497 e. The molecule has 0 saturated heterocycles. The molecule has 1 aliphatic heterocycles. The van der Waals surface area contributed by atoms with Gasteiger partial charge in [-0.15, -0.1) is 0 Å². The average Bonchev–Trinajstić information content (AvgIpc) is 2.86. The summed E-state index contributed by atoms with van der Waals surface area (Å²) in [7, 11) is 1.60. The number of benzene rings is 2. The molecule has 4 rings (SSSR count). The quantitative estimate of drug-likeness (QED) is 0.357. The lowest BCUT2D eigenvalue weighted by atomic mass is 9.69. The number of allylic oxidation sites excluding steroid dienone is 2. The van der Waals surface area contributed by atoms with Crippen molar-refractivity contribution in [1.82, 2.24) is 0 Å². The van der Waals surface area contributed by atoms with E-state index in [1.165, 1.54) is 0 Å². The minimum atomic E-state index is -0.696. The van der Waals surface area contributed by atoms with Gasteiger partial charge in [-0.1, -0.05) is 35.9 Å². The number of ketones is 1. The first-order valence-electron chi connectivity index (χ1n) is 11.9. The van der Waals surface area contributed by atoms with E-state index < -0.39 is 17.8 Å². The third-order valence-corrected chi connectivity index (χ3v) is 6.86. The molecule has 2 aliphatic rings. The summed E-state index contributed by atoms with van der Waals surface area (Å²) in [5, 5.41) is 0.658. The first-order chi connectivity index (χ1) is 16.9. The zero-order valence-electron chi connectivity index (χ0n) is 20.3. The van der Waals surface area contributed by atoms with Gasteiger partial charge in [0.2, 0.25) is 0 Å². The summed E-state index contributed by atoms with van der Waals surface area (Å²) in [6.45, 7) is 4.75. The zero-order valence-corrected chi connectivity index (χ0v) is 21.0. The average molecular weight is 496 g/mol. The summed E-state index contributed by atoms with van der Waals surface area (Å²) in [5.41, 5.74) is 3.86. The van der Waals surface area contributed by atoms with Gasteiger partial charge in [0.1, 0.15) is 18.3 Å². The molecule has 2 aromatic carbocycles. The van der Waals surface area contributed by atoms with Gasteiger partial charge in [-0.05, 0) is 61.6 Å². The van der Waals surface area contributed by atoms with Crippen molar-refractivity contribution in [3.63, 3.8) is 0 Å². The molecule has 0 aromatic heterocycles. The van der Waals surface area contributed by atoms with E-state index in [0.29, 0.717) is 48.1 Å². The normalized spacial score (nSPS) is 21.9. The highest BCUT2D eigenvalue weighted by Gasteiger charge is 2.44. The van der Waals surface area contributed by atoms with Gasteiger partial charge < -0.3 is 14.2 Å². The molecule has 184 valence electrons. The molecular formula is C28H30ClNO5. The highest BCUT2D eigenvalue weighted by atomic mass is 35.5. The van der Waals surface area contributed by atoms with Crippen LogP contribution in [0.4, 0.5) is 0 Å². The molecule has 0 spiro atoms. The van der Waals surface area contributed by atoms with Gasteiger partial charge >= 0.3 is 5.97 Å². The van der Waals surface area contributed by atoms with Crippen molar-refractivity contribution in [1.29, 1.82) is 0 Å². The van der Waals surface area contributed by atoms with Crippen LogP contribution in [0.5, 0.6) is 5.75 Å². The van der Waals surface area contributed by atoms with Crippen molar-refractivity contribution in [3.8, 4) is 5.75 Å². The number of aliphatic imine (C=N–C) groups is 1. The number of Topliss-reactive ketones (excluding diaryl/α,β-unsaturated/α-hetero) is 1. The summed E-state index contributed by atoms with van der Waals surface area (Å²) in [6.07, 6.45) is 0.966. The Morgan fingerprint density at radius 2 is 1.86 bits per heavy atom. The molecule has 3 atom stereocenters. The SMILES string of the molecule is CCOCCOC(=O)C1C(C)=NC2=C(C(=O)C[C@H](c3ccc(Cl)cc3)C2)[C@@H]1c1cccc(OC)c1. The Kier molecular flexibility index (Phi) is 8.04. The summed E-state index contributed by atoms with van der Waals surface area (Å²) >= 11 is 6.06. The molecule has 1 heterocycles. The third-order valence-electron chi connectivity index (χ3n) is 6.61. The van der Waals surface area contributed by atoms with Crippen LogP contribution in [0.1, 0.15) is 49.7 Å². The van der Waals surface area contributed by atoms with Crippen molar-refractivity contribution in [2.24, 2.45) is 10.9 Å².